The van der Waals surface area contributed by atoms with E-state index in [9.17, 15) is 14.4 Å². The van der Waals surface area contributed by atoms with Crippen molar-refractivity contribution in [1.29, 1.82) is 0 Å². The number of fused-ring (bicyclic) bond motifs is 3. The standard InChI is InChI=1S/C25H28N2O6/c1-15(10-11-23(28)27-22-14-32-12-21(22)24(29)30)26-25(31)33-13-20-18-8-4-2-6-16(18)17-7-3-5-9-19(17)20/h2-9,15,20-22H,10-14H2,1H3,(H,26,31)(H,27,28)(H,29,30). The van der Waals surface area contributed by atoms with Crippen molar-refractivity contribution < 1.29 is 29.0 Å². The highest BCUT2D eigenvalue weighted by molar-refractivity contribution is 5.79. The van der Waals surface area contributed by atoms with Crippen LogP contribution in [0.3, 0.4) is 0 Å². The minimum absolute atomic E-state index is 0.0138. The summed E-state index contributed by atoms with van der Waals surface area (Å²) in [6, 6.07) is 15.5. The fraction of sp³-hybridized carbons (Fsp3) is 0.400. The molecule has 0 spiro atoms. The lowest BCUT2D eigenvalue weighted by atomic mass is 9.98. The maximum atomic E-state index is 12.4. The van der Waals surface area contributed by atoms with Crippen LogP contribution in [0.15, 0.2) is 48.5 Å². The molecule has 3 unspecified atom stereocenters. The molecule has 0 saturated carbocycles. The van der Waals surface area contributed by atoms with Crippen molar-refractivity contribution in [3.05, 3.63) is 59.7 Å². The molecule has 1 aliphatic carbocycles. The third-order valence-electron chi connectivity index (χ3n) is 6.26. The van der Waals surface area contributed by atoms with Gasteiger partial charge in [-0.05, 0) is 35.6 Å². The zero-order valence-electron chi connectivity index (χ0n) is 18.5. The first kappa shape index (κ1) is 22.8. The van der Waals surface area contributed by atoms with E-state index in [-0.39, 0.29) is 44.1 Å². The van der Waals surface area contributed by atoms with Crippen LogP contribution >= 0.6 is 0 Å². The lowest BCUT2D eigenvalue weighted by Gasteiger charge is -2.18. The average Bonchev–Trinajstić information content (AvgIpc) is 3.39. The number of benzene rings is 2. The summed E-state index contributed by atoms with van der Waals surface area (Å²) in [5.74, 6) is -1.99. The first-order valence-corrected chi connectivity index (χ1v) is 11.2. The van der Waals surface area contributed by atoms with Crippen molar-refractivity contribution >= 4 is 18.0 Å². The van der Waals surface area contributed by atoms with Crippen LogP contribution in [-0.2, 0) is 19.1 Å². The Morgan fingerprint density at radius 3 is 2.33 bits per heavy atom. The van der Waals surface area contributed by atoms with E-state index in [0.29, 0.717) is 6.42 Å². The predicted molar refractivity (Wildman–Crippen MR) is 121 cm³/mol. The lowest BCUT2D eigenvalue weighted by Crippen LogP contribution is -2.43. The van der Waals surface area contributed by atoms with Gasteiger partial charge in [0.1, 0.15) is 12.5 Å². The summed E-state index contributed by atoms with van der Waals surface area (Å²) in [4.78, 5) is 35.7. The summed E-state index contributed by atoms with van der Waals surface area (Å²) >= 11 is 0. The average molecular weight is 453 g/mol. The Hall–Kier alpha value is -3.39. The minimum Gasteiger partial charge on any atom is -0.481 e. The van der Waals surface area contributed by atoms with Gasteiger partial charge in [0.05, 0.1) is 19.3 Å². The van der Waals surface area contributed by atoms with Crippen LogP contribution in [0.25, 0.3) is 11.1 Å². The van der Waals surface area contributed by atoms with Gasteiger partial charge in [-0.25, -0.2) is 4.79 Å². The fourth-order valence-electron chi connectivity index (χ4n) is 4.48. The fourth-order valence-corrected chi connectivity index (χ4v) is 4.48. The van der Waals surface area contributed by atoms with Gasteiger partial charge in [-0.1, -0.05) is 48.5 Å². The van der Waals surface area contributed by atoms with Gasteiger partial charge in [0, 0.05) is 18.4 Å². The molecule has 1 fully saturated rings. The normalized spacial score (nSPS) is 19.9. The van der Waals surface area contributed by atoms with E-state index in [4.69, 9.17) is 14.6 Å². The number of nitrogens with one attached hydrogen (secondary N) is 2. The summed E-state index contributed by atoms with van der Waals surface area (Å²) in [5.41, 5.74) is 4.62. The number of hydrogen-bond acceptors (Lipinski definition) is 5. The van der Waals surface area contributed by atoms with Crippen LogP contribution in [-0.4, -0.2) is 55.0 Å². The van der Waals surface area contributed by atoms with E-state index in [0.717, 1.165) is 11.1 Å². The highest BCUT2D eigenvalue weighted by Gasteiger charge is 2.35. The minimum atomic E-state index is -0.983. The second-order valence-electron chi connectivity index (χ2n) is 8.57. The molecule has 174 valence electrons. The summed E-state index contributed by atoms with van der Waals surface area (Å²) < 4.78 is 10.7. The number of ether oxygens (including phenoxy) is 2. The maximum Gasteiger partial charge on any atom is 0.407 e. The quantitative estimate of drug-likeness (QED) is 0.568. The molecule has 0 aromatic heterocycles. The van der Waals surface area contributed by atoms with E-state index in [1.165, 1.54) is 11.1 Å². The number of carboxylic acid groups (broad SMARTS) is 1. The second kappa shape index (κ2) is 10.0. The number of aliphatic carboxylic acids is 1. The molecule has 8 nitrogen and oxygen atoms in total. The van der Waals surface area contributed by atoms with Crippen molar-refractivity contribution in [2.45, 2.75) is 37.8 Å². The van der Waals surface area contributed by atoms with Gasteiger partial charge in [0.2, 0.25) is 5.91 Å². The van der Waals surface area contributed by atoms with Crippen LogP contribution < -0.4 is 10.6 Å². The lowest BCUT2D eigenvalue weighted by molar-refractivity contribution is -0.142. The van der Waals surface area contributed by atoms with Crippen molar-refractivity contribution in [3.63, 3.8) is 0 Å². The van der Waals surface area contributed by atoms with Gasteiger partial charge in [0.15, 0.2) is 0 Å². The molecule has 0 bridgehead atoms. The SMILES string of the molecule is CC(CCC(=O)NC1COCC1C(=O)O)NC(=O)OCC1c2ccccc2-c2ccccc21. The van der Waals surface area contributed by atoms with Gasteiger partial charge >= 0.3 is 12.1 Å². The molecule has 33 heavy (non-hydrogen) atoms. The molecular formula is C25H28N2O6. The van der Waals surface area contributed by atoms with Crippen LogP contribution in [0.2, 0.25) is 0 Å². The molecule has 2 amide bonds. The number of carbonyl (C=O) groups excluding carboxylic acids is 2. The second-order valence-corrected chi connectivity index (χ2v) is 8.57. The molecule has 2 aliphatic rings. The number of rotatable bonds is 8. The number of carboxylic acids is 1. The van der Waals surface area contributed by atoms with Gasteiger partial charge in [0.25, 0.3) is 0 Å². The highest BCUT2D eigenvalue weighted by Crippen LogP contribution is 2.44. The molecule has 2 aromatic carbocycles. The summed E-state index contributed by atoms with van der Waals surface area (Å²) in [5, 5.41) is 14.6. The first-order valence-electron chi connectivity index (χ1n) is 11.2. The van der Waals surface area contributed by atoms with Crippen molar-refractivity contribution in [2.75, 3.05) is 19.8 Å². The number of alkyl carbamates (subject to hydrolysis) is 1. The maximum absolute atomic E-state index is 12.4. The molecule has 3 N–H and O–H groups in total. The Balaban J connectivity index is 1.23. The van der Waals surface area contributed by atoms with Gasteiger partial charge in [-0.3, -0.25) is 9.59 Å². The van der Waals surface area contributed by atoms with Gasteiger partial charge in [-0.15, -0.1) is 0 Å². The van der Waals surface area contributed by atoms with Crippen molar-refractivity contribution in [2.24, 2.45) is 5.92 Å². The highest BCUT2D eigenvalue weighted by atomic mass is 16.5. The zero-order valence-corrected chi connectivity index (χ0v) is 18.5. The molecule has 1 heterocycles. The van der Waals surface area contributed by atoms with Crippen LogP contribution in [0.1, 0.15) is 36.8 Å². The van der Waals surface area contributed by atoms with E-state index >= 15 is 0 Å². The third-order valence-corrected chi connectivity index (χ3v) is 6.26. The zero-order chi connectivity index (χ0) is 23.4. The third kappa shape index (κ3) is 5.17. The number of amides is 2. The Labute approximate surface area is 192 Å². The Kier molecular flexibility index (Phi) is 6.93. The van der Waals surface area contributed by atoms with Crippen LogP contribution in [0.5, 0.6) is 0 Å². The summed E-state index contributed by atoms with van der Waals surface area (Å²) in [6.07, 6.45) is 0.0366. The number of carbonyl (C=O) groups is 3. The van der Waals surface area contributed by atoms with Crippen molar-refractivity contribution in [1.82, 2.24) is 10.6 Å². The molecule has 1 saturated heterocycles. The van der Waals surface area contributed by atoms with E-state index in [1.807, 2.05) is 24.3 Å². The molecule has 0 radical (unpaired) electrons. The summed E-state index contributed by atoms with van der Waals surface area (Å²) in [7, 11) is 0. The van der Waals surface area contributed by atoms with E-state index in [1.54, 1.807) is 6.92 Å². The van der Waals surface area contributed by atoms with Crippen molar-refractivity contribution in [3.8, 4) is 11.1 Å². The van der Waals surface area contributed by atoms with Crippen LogP contribution in [0, 0.1) is 5.92 Å². The van der Waals surface area contributed by atoms with Gasteiger partial charge in [-0.2, -0.15) is 0 Å². The predicted octanol–water partition coefficient (Wildman–Crippen LogP) is 2.91. The molecule has 8 heteroatoms. The molecular weight excluding hydrogens is 424 g/mol. The Bertz CT molecular complexity index is 994. The monoisotopic (exact) mass is 452 g/mol. The summed E-state index contributed by atoms with van der Waals surface area (Å²) in [6.45, 7) is 2.31. The molecule has 4 rings (SSSR count). The largest absolute Gasteiger partial charge is 0.481 e. The Morgan fingerprint density at radius 1 is 1.06 bits per heavy atom. The van der Waals surface area contributed by atoms with Crippen LogP contribution in [0.4, 0.5) is 4.79 Å². The van der Waals surface area contributed by atoms with E-state index in [2.05, 4.69) is 34.9 Å². The molecule has 2 aromatic rings. The topological polar surface area (TPSA) is 114 Å². The van der Waals surface area contributed by atoms with E-state index < -0.39 is 24.0 Å². The molecule has 1 aliphatic heterocycles. The Morgan fingerprint density at radius 2 is 1.70 bits per heavy atom. The molecule has 3 atom stereocenters. The first-order chi connectivity index (χ1) is 15.9. The number of hydrogen-bond donors (Lipinski definition) is 3. The smallest absolute Gasteiger partial charge is 0.407 e. The van der Waals surface area contributed by atoms with Gasteiger partial charge < -0.3 is 25.2 Å².